The number of carbonyl (C=O) groups is 1. The fraction of sp³-hybridized carbons (Fsp3) is 0.211. The van der Waals surface area contributed by atoms with Crippen molar-refractivity contribution in [3.63, 3.8) is 0 Å². The van der Waals surface area contributed by atoms with Crippen LogP contribution in [0.2, 0.25) is 0 Å². The maximum atomic E-state index is 11.7. The molecule has 4 rings (SSSR count). The molecule has 0 amide bonds. The van der Waals surface area contributed by atoms with Crippen molar-refractivity contribution in [1.29, 1.82) is 0 Å². The van der Waals surface area contributed by atoms with Crippen LogP contribution < -0.4 is 4.74 Å². The topological polar surface area (TPSA) is 51.3 Å². The van der Waals surface area contributed by atoms with Crippen molar-refractivity contribution in [3.8, 4) is 17.0 Å². The fourth-order valence-electron chi connectivity index (χ4n) is 2.65. The second kappa shape index (κ2) is 5.47. The molecule has 0 aliphatic heterocycles. The van der Waals surface area contributed by atoms with E-state index in [1.54, 1.807) is 6.07 Å². The average Bonchev–Trinajstić information content (AvgIpc) is 3.29. The molecule has 1 aromatic heterocycles. The smallest absolute Gasteiger partial charge is 0.337 e. The quantitative estimate of drug-likeness (QED) is 0.736. The lowest BCUT2D eigenvalue weighted by molar-refractivity contribution is 0.0601. The Morgan fingerprint density at radius 1 is 1.13 bits per heavy atom. The van der Waals surface area contributed by atoms with E-state index in [-0.39, 0.29) is 5.97 Å². The van der Waals surface area contributed by atoms with Crippen molar-refractivity contribution in [2.24, 2.45) is 0 Å². The average molecular weight is 307 g/mol. The number of methoxy groups -OCH3 is 1. The van der Waals surface area contributed by atoms with Gasteiger partial charge in [-0.15, -0.1) is 0 Å². The molecule has 4 nitrogen and oxygen atoms in total. The Morgan fingerprint density at radius 2 is 2.00 bits per heavy atom. The summed E-state index contributed by atoms with van der Waals surface area (Å²) in [7, 11) is 1.39. The Hall–Kier alpha value is -2.75. The molecule has 0 bridgehead atoms. The Morgan fingerprint density at radius 3 is 2.78 bits per heavy atom. The van der Waals surface area contributed by atoms with Crippen molar-refractivity contribution in [2.75, 3.05) is 7.11 Å². The van der Waals surface area contributed by atoms with Gasteiger partial charge in [0, 0.05) is 16.6 Å². The summed E-state index contributed by atoms with van der Waals surface area (Å²) in [6, 6.07) is 15.6. The molecule has 0 atom stereocenters. The summed E-state index contributed by atoms with van der Waals surface area (Å²) in [4.78, 5) is 15.1. The van der Waals surface area contributed by atoms with Crippen molar-refractivity contribution in [3.05, 3.63) is 54.1 Å². The second-order valence-corrected chi connectivity index (χ2v) is 5.82. The van der Waals surface area contributed by atoms with E-state index in [0.717, 1.165) is 40.8 Å². The number of fused-ring (bicyclic) bond motifs is 1. The maximum Gasteiger partial charge on any atom is 0.337 e. The highest BCUT2D eigenvalue weighted by molar-refractivity contribution is 5.92. The third-order valence-corrected chi connectivity index (χ3v) is 4.01. The zero-order chi connectivity index (χ0) is 15.8. The molecule has 2 aromatic carbocycles. The summed E-state index contributed by atoms with van der Waals surface area (Å²) in [5, 5.41) is 1.10. The second-order valence-electron chi connectivity index (χ2n) is 5.82. The standard InChI is InChI=1S/C19H17NO3/c1-22-19(21)13-4-2-3-12(9-13)18-11-14-10-16(23-15-5-6-15)7-8-17(14)20-18/h2-4,7-11,15,20H,5-6H2,1H3. The highest BCUT2D eigenvalue weighted by atomic mass is 16.5. The van der Waals surface area contributed by atoms with Gasteiger partial charge in [0.2, 0.25) is 0 Å². The van der Waals surface area contributed by atoms with Gasteiger partial charge in [-0.1, -0.05) is 12.1 Å². The lowest BCUT2D eigenvalue weighted by Crippen LogP contribution is -2.00. The van der Waals surface area contributed by atoms with Gasteiger partial charge >= 0.3 is 5.97 Å². The van der Waals surface area contributed by atoms with Crippen LogP contribution in [0.3, 0.4) is 0 Å². The highest BCUT2D eigenvalue weighted by Gasteiger charge is 2.23. The van der Waals surface area contributed by atoms with Gasteiger partial charge in [0.05, 0.1) is 18.8 Å². The monoisotopic (exact) mass is 307 g/mol. The molecule has 0 spiro atoms. The zero-order valence-corrected chi connectivity index (χ0v) is 12.8. The van der Waals surface area contributed by atoms with E-state index in [1.165, 1.54) is 7.11 Å². The van der Waals surface area contributed by atoms with Crippen LogP contribution in [-0.4, -0.2) is 24.2 Å². The van der Waals surface area contributed by atoms with Crippen LogP contribution >= 0.6 is 0 Å². The van der Waals surface area contributed by atoms with Crippen LogP contribution in [0.1, 0.15) is 23.2 Å². The molecule has 1 aliphatic rings. The Labute approximate surface area is 134 Å². The number of hydrogen-bond donors (Lipinski definition) is 1. The number of aromatic nitrogens is 1. The van der Waals surface area contributed by atoms with E-state index in [4.69, 9.17) is 9.47 Å². The molecule has 0 saturated heterocycles. The van der Waals surface area contributed by atoms with Crippen molar-refractivity contribution in [1.82, 2.24) is 4.98 Å². The molecule has 1 aliphatic carbocycles. The third kappa shape index (κ3) is 2.80. The molecule has 3 aromatic rings. The predicted octanol–water partition coefficient (Wildman–Crippen LogP) is 4.16. The molecular formula is C19H17NO3. The van der Waals surface area contributed by atoms with Crippen molar-refractivity contribution >= 4 is 16.9 Å². The minimum Gasteiger partial charge on any atom is -0.490 e. The first kappa shape index (κ1) is 13.9. The van der Waals surface area contributed by atoms with Gasteiger partial charge in [0.25, 0.3) is 0 Å². The van der Waals surface area contributed by atoms with Gasteiger partial charge in [0.15, 0.2) is 0 Å². The summed E-state index contributed by atoms with van der Waals surface area (Å²) in [6.45, 7) is 0. The summed E-state index contributed by atoms with van der Waals surface area (Å²) in [5.41, 5.74) is 3.51. The summed E-state index contributed by atoms with van der Waals surface area (Å²) in [5.74, 6) is 0.581. The van der Waals surface area contributed by atoms with Crippen molar-refractivity contribution < 1.29 is 14.3 Å². The number of rotatable bonds is 4. The van der Waals surface area contributed by atoms with Gasteiger partial charge in [-0.3, -0.25) is 0 Å². The van der Waals surface area contributed by atoms with Crippen LogP contribution in [0.25, 0.3) is 22.2 Å². The van der Waals surface area contributed by atoms with E-state index in [9.17, 15) is 4.79 Å². The van der Waals surface area contributed by atoms with Crippen LogP contribution in [0.4, 0.5) is 0 Å². The van der Waals surface area contributed by atoms with Crippen molar-refractivity contribution in [2.45, 2.75) is 18.9 Å². The zero-order valence-electron chi connectivity index (χ0n) is 12.8. The number of aromatic amines is 1. The van der Waals surface area contributed by atoms with Crippen LogP contribution in [0, 0.1) is 0 Å². The normalized spacial score (nSPS) is 14.0. The van der Waals surface area contributed by atoms with Gasteiger partial charge < -0.3 is 14.5 Å². The van der Waals surface area contributed by atoms with Crippen LogP contribution in [0.15, 0.2) is 48.5 Å². The van der Waals surface area contributed by atoms with Crippen LogP contribution in [-0.2, 0) is 4.74 Å². The Balaban J connectivity index is 1.69. The van der Waals surface area contributed by atoms with Gasteiger partial charge in [0.1, 0.15) is 5.75 Å². The maximum absolute atomic E-state index is 11.7. The molecule has 116 valence electrons. The molecule has 4 heteroatoms. The molecule has 1 N–H and O–H groups in total. The van der Waals surface area contributed by atoms with E-state index in [0.29, 0.717) is 11.7 Å². The number of benzene rings is 2. The lowest BCUT2D eigenvalue weighted by atomic mass is 10.1. The minimum atomic E-state index is -0.330. The summed E-state index contributed by atoms with van der Waals surface area (Å²) >= 11 is 0. The molecule has 0 unspecified atom stereocenters. The molecule has 0 radical (unpaired) electrons. The van der Waals surface area contributed by atoms with E-state index in [2.05, 4.69) is 17.1 Å². The SMILES string of the molecule is COC(=O)c1cccc(-c2cc3cc(OC4CC4)ccc3[nH]2)c1. The largest absolute Gasteiger partial charge is 0.490 e. The number of ether oxygens (including phenoxy) is 2. The van der Waals surface area contributed by atoms with Gasteiger partial charge in [-0.2, -0.15) is 0 Å². The summed E-state index contributed by atoms with van der Waals surface area (Å²) in [6.07, 6.45) is 2.69. The molecule has 23 heavy (non-hydrogen) atoms. The number of hydrogen-bond acceptors (Lipinski definition) is 3. The van der Waals surface area contributed by atoms with E-state index < -0.39 is 0 Å². The predicted molar refractivity (Wildman–Crippen MR) is 88.7 cm³/mol. The third-order valence-electron chi connectivity index (χ3n) is 4.01. The molecular weight excluding hydrogens is 290 g/mol. The van der Waals surface area contributed by atoms with E-state index in [1.807, 2.05) is 30.3 Å². The van der Waals surface area contributed by atoms with E-state index >= 15 is 0 Å². The first-order chi connectivity index (χ1) is 11.2. The first-order valence-corrected chi connectivity index (χ1v) is 7.71. The van der Waals surface area contributed by atoms with Crippen LogP contribution in [0.5, 0.6) is 5.75 Å². The first-order valence-electron chi connectivity index (χ1n) is 7.71. The number of carbonyl (C=O) groups excluding carboxylic acids is 1. The summed E-state index contributed by atoms with van der Waals surface area (Å²) < 4.78 is 10.6. The van der Waals surface area contributed by atoms with Gasteiger partial charge in [-0.25, -0.2) is 4.79 Å². The molecule has 1 heterocycles. The minimum absolute atomic E-state index is 0.330. The Bertz CT molecular complexity index is 877. The number of esters is 1. The number of H-pyrrole nitrogens is 1. The fourth-order valence-corrected chi connectivity index (χ4v) is 2.65. The number of nitrogens with one attached hydrogen (secondary N) is 1. The van der Waals surface area contributed by atoms with Gasteiger partial charge in [-0.05, 0) is 54.8 Å². The Kier molecular flexibility index (Phi) is 3.30. The molecule has 1 saturated carbocycles. The lowest BCUT2D eigenvalue weighted by Gasteiger charge is -2.03. The molecule has 1 fully saturated rings. The highest BCUT2D eigenvalue weighted by Crippen LogP contribution is 2.31.